The highest BCUT2D eigenvalue weighted by Crippen LogP contribution is 2.23. The van der Waals surface area contributed by atoms with Crippen LogP contribution in [0.3, 0.4) is 0 Å². The Morgan fingerprint density at radius 1 is 1.38 bits per heavy atom. The Bertz CT molecular complexity index is 690. The Hall–Kier alpha value is -2.34. The lowest BCUT2D eigenvalue weighted by molar-refractivity contribution is -0.115. The summed E-state index contributed by atoms with van der Waals surface area (Å²) < 4.78 is 0. The van der Waals surface area contributed by atoms with E-state index in [1.165, 1.54) is 18.2 Å². The maximum atomic E-state index is 12.1. The van der Waals surface area contributed by atoms with Crippen molar-refractivity contribution in [1.82, 2.24) is 10.2 Å². The third-order valence-corrected chi connectivity index (χ3v) is 3.44. The van der Waals surface area contributed by atoms with E-state index in [9.17, 15) is 9.59 Å². The van der Waals surface area contributed by atoms with Crippen molar-refractivity contribution < 1.29 is 14.7 Å². The number of hydrogen-bond acceptors (Lipinski definition) is 3. The third-order valence-electron chi connectivity index (χ3n) is 3.11. The molecule has 0 saturated carbocycles. The Balaban J connectivity index is 2.16. The van der Waals surface area contributed by atoms with Crippen molar-refractivity contribution in [3.05, 3.63) is 45.7 Å². The first-order chi connectivity index (χ1) is 9.88. The maximum absolute atomic E-state index is 12.1. The molecule has 0 spiro atoms. The molecule has 0 aliphatic carbocycles. The van der Waals surface area contributed by atoms with Crippen molar-refractivity contribution in [2.75, 3.05) is 5.32 Å². The van der Waals surface area contributed by atoms with E-state index in [0.717, 1.165) is 17.0 Å². The summed E-state index contributed by atoms with van der Waals surface area (Å²) in [5, 5.41) is 18.7. The first-order valence-corrected chi connectivity index (χ1v) is 6.59. The highest BCUT2D eigenvalue weighted by atomic mass is 35.5. The Labute approximate surface area is 126 Å². The number of nitrogens with one attached hydrogen (secondary N) is 2. The largest absolute Gasteiger partial charge is 0.478 e. The average molecular weight is 308 g/mol. The normalized spacial score (nSPS) is 10.4. The van der Waals surface area contributed by atoms with Gasteiger partial charge in [0.1, 0.15) is 0 Å². The summed E-state index contributed by atoms with van der Waals surface area (Å²) >= 11 is 5.96. The van der Waals surface area contributed by atoms with Gasteiger partial charge in [-0.1, -0.05) is 11.6 Å². The molecule has 0 aliphatic rings. The molecule has 2 aromatic rings. The van der Waals surface area contributed by atoms with Crippen LogP contribution < -0.4 is 5.32 Å². The fraction of sp³-hybridized carbons (Fsp3) is 0.214. The van der Waals surface area contributed by atoms with Gasteiger partial charge in [-0.2, -0.15) is 5.10 Å². The molecule has 0 radical (unpaired) electrons. The number of aromatic nitrogens is 2. The molecule has 2 rings (SSSR count). The van der Waals surface area contributed by atoms with Crippen molar-refractivity contribution in [1.29, 1.82) is 0 Å². The Kier molecular flexibility index (Phi) is 4.28. The molecule has 110 valence electrons. The second kappa shape index (κ2) is 5.97. The summed E-state index contributed by atoms with van der Waals surface area (Å²) in [6, 6.07) is 4.15. The molecule has 21 heavy (non-hydrogen) atoms. The summed E-state index contributed by atoms with van der Waals surface area (Å²) in [5.74, 6) is -1.37. The number of carbonyl (C=O) groups is 2. The van der Waals surface area contributed by atoms with Crippen LogP contribution in [0.15, 0.2) is 18.2 Å². The summed E-state index contributed by atoms with van der Waals surface area (Å²) in [6.45, 7) is 3.64. The highest BCUT2D eigenvalue weighted by Gasteiger charge is 2.14. The minimum Gasteiger partial charge on any atom is -0.478 e. The van der Waals surface area contributed by atoms with Gasteiger partial charge >= 0.3 is 5.97 Å². The van der Waals surface area contributed by atoms with E-state index in [0.29, 0.717) is 0 Å². The van der Waals surface area contributed by atoms with Gasteiger partial charge in [0.05, 0.1) is 28.4 Å². The Morgan fingerprint density at radius 2 is 2.10 bits per heavy atom. The fourth-order valence-corrected chi connectivity index (χ4v) is 2.11. The highest BCUT2D eigenvalue weighted by molar-refractivity contribution is 6.33. The number of hydrogen-bond donors (Lipinski definition) is 3. The zero-order valence-corrected chi connectivity index (χ0v) is 12.3. The number of carbonyl (C=O) groups excluding carboxylic acids is 1. The van der Waals surface area contributed by atoms with Crippen LogP contribution in [0.5, 0.6) is 0 Å². The first kappa shape index (κ1) is 15.1. The topological polar surface area (TPSA) is 95.1 Å². The number of aromatic amines is 1. The van der Waals surface area contributed by atoms with Crippen LogP contribution >= 0.6 is 11.6 Å². The fourth-order valence-electron chi connectivity index (χ4n) is 1.94. The number of anilines is 1. The van der Waals surface area contributed by atoms with Crippen LogP contribution in [-0.4, -0.2) is 27.2 Å². The number of carboxylic acid groups (broad SMARTS) is 1. The molecule has 6 nitrogen and oxygen atoms in total. The number of carboxylic acids is 1. The van der Waals surface area contributed by atoms with E-state index in [1.54, 1.807) is 0 Å². The van der Waals surface area contributed by atoms with Crippen LogP contribution in [-0.2, 0) is 11.2 Å². The van der Waals surface area contributed by atoms with Gasteiger partial charge in [0, 0.05) is 11.3 Å². The Morgan fingerprint density at radius 3 is 2.67 bits per heavy atom. The van der Waals surface area contributed by atoms with E-state index in [1.807, 2.05) is 13.8 Å². The predicted octanol–water partition coefficient (Wildman–Crippen LogP) is 2.56. The van der Waals surface area contributed by atoms with Gasteiger partial charge in [-0.3, -0.25) is 9.89 Å². The molecule has 1 amide bonds. The van der Waals surface area contributed by atoms with Crippen LogP contribution in [0.2, 0.25) is 5.02 Å². The van der Waals surface area contributed by atoms with E-state index in [-0.39, 0.29) is 28.6 Å². The molecule has 0 aliphatic heterocycles. The first-order valence-electron chi connectivity index (χ1n) is 6.21. The van der Waals surface area contributed by atoms with Crippen molar-refractivity contribution >= 4 is 29.2 Å². The smallest absolute Gasteiger partial charge is 0.335 e. The van der Waals surface area contributed by atoms with Gasteiger partial charge in [-0.15, -0.1) is 0 Å². The molecule has 0 unspecified atom stereocenters. The summed E-state index contributed by atoms with van der Waals surface area (Å²) in [5.41, 5.74) is 2.74. The zero-order valence-electron chi connectivity index (χ0n) is 11.5. The van der Waals surface area contributed by atoms with Crippen LogP contribution in [0.4, 0.5) is 5.69 Å². The van der Waals surface area contributed by atoms with Crippen molar-refractivity contribution in [3.63, 3.8) is 0 Å². The molecule has 1 aromatic carbocycles. The van der Waals surface area contributed by atoms with E-state index in [4.69, 9.17) is 16.7 Å². The van der Waals surface area contributed by atoms with Gasteiger partial charge in [-0.05, 0) is 32.0 Å². The minimum absolute atomic E-state index is 0.0605. The van der Waals surface area contributed by atoms with Gasteiger partial charge in [0.15, 0.2) is 0 Å². The quantitative estimate of drug-likeness (QED) is 0.809. The number of aromatic carboxylic acids is 1. The zero-order chi connectivity index (χ0) is 15.6. The maximum Gasteiger partial charge on any atom is 0.335 e. The molecule has 1 heterocycles. The number of H-pyrrole nitrogens is 1. The SMILES string of the molecule is Cc1n[nH]c(C)c1CC(=O)Nc1cc(C(=O)O)ccc1Cl. The minimum atomic E-state index is -1.08. The summed E-state index contributed by atoms with van der Waals surface area (Å²) in [4.78, 5) is 23.0. The van der Waals surface area contributed by atoms with Crippen LogP contribution in [0.1, 0.15) is 27.3 Å². The van der Waals surface area contributed by atoms with Gasteiger partial charge in [0.2, 0.25) is 5.91 Å². The second-order valence-corrected chi connectivity index (χ2v) is 5.04. The number of rotatable bonds is 4. The van der Waals surface area contributed by atoms with Gasteiger partial charge in [0.25, 0.3) is 0 Å². The standard InChI is InChI=1S/C14H14ClN3O3/c1-7-10(8(2)18-17-7)6-13(19)16-12-5-9(14(20)21)3-4-11(12)15/h3-5H,6H2,1-2H3,(H,16,19)(H,17,18)(H,20,21). The van der Waals surface area contributed by atoms with E-state index < -0.39 is 5.97 Å². The average Bonchev–Trinajstić information content (AvgIpc) is 2.73. The monoisotopic (exact) mass is 307 g/mol. The lowest BCUT2D eigenvalue weighted by atomic mass is 10.1. The summed E-state index contributed by atoms with van der Waals surface area (Å²) in [6.07, 6.45) is 0.141. The lowest BCUT2D eigenvalue weighted by Gasteiger charge is -2.08. The molecule has 3 N–H and O–H groups in total. The van der Waals surface area contributed by atoms with Crippen molar-refractivity contribution in [3.8, 4) is 0 Å². The molecule has 0 fully saturated rings. The molecular formula is C14H14ClN3O3. The van der Waals surface area contributed by atoms with Crippen LogP contribution in [0, 0.1) is 13.8 Å². The number of amides is 1. The van der Waals surface area contributed by atoms with E-state index >= 15 is 0 Å². The number of benzene rings is 1. The predicted molar refractivity (Wildman–Crippen MR) is 78.8 cm³/mol. The van der Waals surface area contributed by atoms with Crippen LogP contribution in [0.25, 0.3) is 0 Å². The number of aryl methyl sites for hydroxylation is 2. The van der Waals surface area contributed by atoms with Crippen molar-refractivity contribution in [2.45, 2.75) is 20.3 Å². The van der Waals surface area contributed by atoms with Gasteiger partial charge < -0.3 is 10.4 Å². The molecular weight excluding hydrogens is 294 g/mol. The third kappa shape index (κ3) is 3.41. The number of nitrogens with zero attached hydrogens (tertiary/aromatic N) is 1. The lowest BCUT2D eigenvalue weighted by Crippen LogP contribution is -2.16. The molecule has 0 bridgehead atoms. The number of halogens is 1. The second-order valence-electron chi connectivity index (χ2n) is 4.64. The van der Waals surface area contributed by atoms with E-state index in [2.05, 4.69) is 15.5 Å². The molecule has 0 atom stereocenters. The summed E-state index contributed by atoms with van der Waals surface area (Å²) in [7, 11) is 0. The van der Waals surface area contributed by atoms with Crippen molar-refractivity contribution in [2.24, 2.45) is 0 Å². The molecule has 7 heteroatoms. The molecule has 0 saturated heterocycles. The molecule has 1 aromatic heterocycles. The van der Waals surface area contributed by atoms with Gasteiger partial charge in [-0.25, -0.2) is 4.79 Å².